The molecule has 0 aromatic heterocycles. The van der Waals surface area contributed by atoms with Gasteiger partial charge in [0, 0.05) is 5.56 Å². The second-order valence-corrected chi connectivity index (χ2v) is 8.44. The topological polar surface area (TPSA) is 50.7 Å². The lowest BCUT2D eigenvalue weighted by Gasteiger charge is -2.11. The monoisotopic (exact) mass is 554 g/mol. The van der Waals surface area contributed by atoms with Crippen LogP contribution in [0.5, 0.6) is 5.75 Å². The smallest absolute Gasteiger partial charge is 0.271 e. The predicted molar refractivity (Wildman–Crippen MR) is 124 cm³/mol. The van der Waals surface area contributed by atoms with Crippen LogP contribution in [0.2, 0.25) is 10.0 Å². The highest BCUT2D eigenvalue weighted by molar-refractivity contribution is 9.11. The third-order valence-corrected chi connectivity index (χ3v) is 5.73. The summed E-state index contributed by atoms with van der Waals surface area (Å²) in [5.74, 6) is 0.298. The van der Waals surface area contributed by atoms with E-state index < -0.39 is 0 Å². The maximum absolute atomic E-state index is 12.1. The molecule has 0 spiro atoms. The number of nitrogens with zero attached hydrogens (tertiary/aromatic N) is 1. The van der Waals surface area contributed by atoms with Gasteiger partial charge in [0.2, 0.25) is 0 Å². The Bertz CT molecular complexity index is 1040. The van der Waals surface area contributed by atoms with Crippen LogP contribution in [0.4, 0.5) is 0 Å². The summed E-state index contributed by atoms with van der Waals surface area (Å²) in [5, 5.41) is 4.69. The van der Waals surface area contributed by atoms with Gasteiger partial charge in [-0.2, -0.15) is 5.10 Å². The number of halogens is 4. The molecule has 1 N–H and O–H groups in total. The zero-order chi connectivity index (χ0) is 20.8. The van der Waals surface area contributed by atoms with Crippen molar-refractivity contribution in [1.29, 1.82) is 0 Å². The lowest BCUT2D eigenvalue weighted by molar-refractivity contribution is 0.0955. The van der Waals surface area contributed by atoms with Crippen molar-refractivity contribution in [3.8, 4) is 5.75 Å². The van der Waals surface area contributed by atoms with Crippen LogP contribution in [0.1, 0.15) is 21.5 Å². The van der Waals surface area contributed by atoms with Crippen molar-refractivity contribution >= 4 is 67.2 Å². The minimum Gasteiger partial charge on any atom is -0.487 e. The molecular weight excluding hydrogens is 543 g/mol. The van der Waals surface area contributed by atoms with E-state index in [1.807, 2.05) is 42.5 Å². The molecule has 4 nitrogen and oxygen atoms in total. The zero-order valence-electron chi connectivity index (χ0n) is 14.8. The third-order valence-electron chi connectivity index (χ3n) is 3.81. The van der Waals surface area contributed by atoms with Gasteiger partial charge < -0.3 is 4.74 Å². The van der Waals surface area contributed by atoms with Gasteiger partial charge in [-0.15, -0.1) is 0 Å². The van der Waals surface area contributed by atoms with E-state index in [0.29, 0.717) is 28.0 Å². The van der Waals surface area contributed by atoms with Crippen LogP contribution in [-0.4, -0.2) is 12.1 Å². The highest BCUT2D eigenvalue weighted by Gasteiger charge is 2.10. The molecule has 3 aromatic carbocycles. The number of rotatable bonds is 6. The number of hydrogen-bond donors (Lipinski definition) is 1. The first-order chi connectivity index (χ1) is 13.9. The molecule has 0 atom stereocenters. The molecule has 0 aliphatic rings. The Balaban J connectivity index is 1.65. The zero-order valence-corrected chi connectivity index (χ0v) is 19.5. The Kier molecular flexibility index (Phi) is 7.72. The summed E-state index contributed by atoms with van der Waals surface area (Å²) in [6.45, 7) is 0.450. The first-order valence-corrected chi connectivity index (χ1v) is 10.7. The lowest BCUT2D eigenvalue weighted by Crippen LogP contribution is -2.17. The highest BCUT2D eigenvalue weighted by Crippen LogP contribution is 2.35. The second-order valence-electron chi connectivity index (χ2n) is 5.92. The molecule has 29 heavy (non-hydrogen) atoms. The predicted octanol–water partition coefficient (Wildman–Crippen LogP) is 6.86. The van der Waals surface area contributed by atoms with Gasteiger partial charge in [-0.1, -0.05) is 53.5 Å². The summed E-state index contributed by atoms with van der Waals surface area (Å²) in [4.78, 5) is 12.1. The lowest BCUT2D eigenvalue weighted by atomic mass is 10.2. The van der Waals surface area contributed by atoms with E-state index in [2.05, 4.69) is 42.4 Å². The summed E-state index contributed by atoms with van der Waals surface area (Å²) in [5.41, 5.74) is 4.67. The molecule has 0 heterocycles. The number of benzene rings is 3. The molecule has 0 radical (unpaired) electrons. The van der Waals surface area contributed by atoms with Crippen molar-refractivity contribution in [2.75, 3.05) is 0 Å². The molecule has 0 fully saturated rings. The number of hydrazone groups is 1. The Labute approximate surface area is 195 Å². The summed E-state index contributed by atoms with van der Waals surface area (Å²) < 4.78 is 7.43. The van der Waals surface area contributed by atoms with E-state index in [0.717, 1.165) is 20.1 Å². The van der Waals surface area contributed by atoms with Crippen molar-refractivity contribution in [2.45, 2.75) is 6.61 Å². The van der Waals surface area contributed by atoms with Gasteiger partial charge in [0.1, 0.15) is 12.4 Å². The minimum atomic E-state index is -0.388. The quantitative estimate of drug-likeness (QED) is 0.266. The second kappa shape index (κ2) is 10.3. The van der Waals surface area contributed by atoms with Crippen LogP contribution in [0, 0.1) is 0 Å². The average molecular weight is 557 g/mol. The van der Waals surface area contributed by atoms with Gasteiger partial charge >= 0.3 is 0 Å². The summed E-state index contributed by atoms with van der Waals surface area (Å²) in [6.07, 6.45) is 1.53. The summed E-state index contributed by atoms with van der Waals surface area (Å²) in [7, 11) is 0. The maximum Gasteiger partial charge on any atom is 0.271 e. The van der Waals surface area contributed by atoms with E-state index in [4.69, 9.17) is 27.9 Å². The number of hydrogen-bond acceptors (Lipinski definition) is 3. The van der Waals surface area contributed by atoms with E-state index >= 15 is 0 Å². The van der Waals surface area contributed by atoms with E-state index in [1.54, 1.807) is 12.1 Å². The van der Waals surface area contributed by atoms with Crippen molar-refractivity contribution < 1.29 is 9.53 Å². The molecule has 1 amide bonds. The van der Waals surface area contributed by atoms with Crippen LogP contribution >= 0.6 is 55.1 Å². The largest absolute Gasteiger partial charge is 0.487 e. The Hall–Kier alpha value is -1.86. The number of ether oxygens (including phenoxy) is 1. The molecule has 0 aliphatic heterocycles. The number of nitrogens with one attached hydrogen (secondary N) is 1. The first-order valence-electron chi connectivity index (χ1n) is 8.38. The van der Waals surface area contributed by atoms with Crippen molar-refractivity contribution in [2.24, 2.45) is 5.10 Å². The molecule has 3 aromatic rings. The molecule has 148 valence electrons. The van der Waals surface area contributed by atoms with E-state index in [1.165, 1.54) is 12.3 Å². The van der Waals surface area contributed by atoms with E-state index in [-0.39, 0.29) is 5.91 Å². The number of carbonyl (C=O) groups is 1. The molecule has 0 aliphatic carbocycles. The molecule has 3 rings (SSSR count). The van der Waals surface area contributed by atoms with Crippen LogP contribution < -0.4 is 10.2 Å². The fourth-order valence-electron chi connectivity index (χ4n) is 2.39. The average Bonchev–Trinajstić information content (AvgIpc) is 2.70. The Morgan fingerprint density at radius 3 is 2.34 bits per heavy atom. The van der Waals surface area contributed by atoms with Crippen molar-refractivity contribution in [3.05, 3.63) is 96.3 Å². The first kappa shape index (κ1) is 21.8. The molecule has 0 saturated heterocycles. The normalized spacial score (nSPS) is 10.9. The molecule has 0 unspecified atom stereocenters. The van der Waals surface area contributed by atoms with Gasteiger partial charge in [0.05, 0.1) is 25.2 Å². The standard InChI is InChI=1S/C21H14Br2Cl2N2O2/c22-16-8-14(9-17(23)20(16)29-12-13-4-2-1-3-5-13)11-26-27-21(28)15-6-7-18(24)19(25)10-15/h1-11H,12H2,(H,27,28)/b26-11-. The maximum atomic E-state index is 12.1. The Morgan fingerprint density at radius 1 is 1.00 bits per heavy atom. The van der Waals surface area contributed by atoms with Gasteiger partial charge in [0.15, 0.2) is 0 Å². The summed E-state index contributed by atoms with van der Waals surface area (Å²) in [6, 6.07) is 18.2. The van der Waals surface area contributed by atoms with Crippen molar-refractivity contribution in [1.82, 2.24) is 5.43 Å². The van der Waals surface area contributed by atoms with E-state index in [9.17, 15) is 4.79 Å². The van der Waals surface area contributed by atoms with Gasteiger partial charge in [-0.05, 0) is 73.3 Å². The Morgan fingerprint density at radius 2 is 1.69 bits per heavy atom. The number of amides is 1. The third kappa shape index (κ3) is 6.06. The fourth-order valence-corrected chi connectivity index (χ4v) is 4.14. The molecular formula is C21H14Br2Cl2N2O2. The van der Waals surface area contributed by atoms with Gasteiger partial charge in [-0.3, -0.25) is 4.79 Å². The van der Waals surface area contributed by atoms with Crippen molar-refractivity contribution in [3.63, 3.8) is 0 Å². The molecule has 8 heteroatoms. The summed E-state index contributed by atoms with van der Waals surface area (Å²) >= 11 is 18.8. The fraction of sp³-hybridized carbons (Fsp3) is 0.0476. The van der Waals surface area contributed by atoms with Crippen LogP contribution in [-0.2, 0) is 6.61 Å². The van der Waals surface area contributed by atoms with Crippen LogP contribution in [0.25, 0.3) is 0 Å². The SMILES string of the molecule is O=C(N/N=C\c1cc(Br)c(OCc2ccccc2)c(Br)c1)c1ccc(Cl)c(Cl)c1. The minimum absolute atomic E-state index is 0.308. The van der Waals surface area contributed by atoms with Gasteiger partial charge in [-0.25, -0.2) is 5.43 Å². The van der Waals surface area contributed by atoms with Gasteiger partial charge in [0.25, 0.3) is 5.91 Å². The van der Waals surface area contributed by atoms with Crippen LogP contribution in [0.3, 0.4) is 0 Å². The highest BCUT2D eigenvalue weighted by atomic mass is 79.9. The number of carbonyl (C=O) groups excluding carboxylic acids is 1. The molecule has 0 bridgehead atoms. The molecule has 0 saturated carbocycles. The van der Waals surface area contributed by atoms with Crippen LogP contribution in [0.15, 0.2) is 74.7 Å².